The van der Waals surface area contributed by atoms with Crippen LogP contribution in [0.15, 0.2) is 30.3 Å². The van der Waals surface area contributed by atoms with Crippen LogP contribution in [-0.2, 0) is 6.42 Å². The molecule has 0 saturated carbocycles. The lowest BCUT2D eigenvalue weighted by atomic mass is 9.91. The summed E-state index contributed by atoms with van der Waals surface area (Å²) in [5.41, 5.74) is 5.66. The first kappa shape index (κ1) is 15.4. The van der Waals surface area contributed by atoms with E-state index in [-0.39, 0.29) is 0 Å². The van der Waals surface area contributed by atoms with Gasteiger partial charge < -0.3 is 10.2 Å². The summed E-state index contributed by atoms with van der Waals surface area (Å²) in [5.74, 6) is 1.05. The van der Waals surface area contributed by atoms with E-state index in [1.807, 2.05) is 19.9 Å². The van der Waals surface area contributed by atoms with Gasteiger partial charge >= 0.3 is 0 Å². The van der Waals surface area contributed by atoms with Crippen LogP contribution in [0.5, 0.6) is 11.5 Å². The summed E-state index contributed by atoms with van der Waals surface area (Å²) in [5, 5.41) is 19.7. The quantitative estimate of drug-likeness (QED) is 0.845. The van der Waals surface area contributed by atoms with E-state index in [2.05, 4.69) is 19.9 Å². The highest BCUT2D eigenvalue weighted by Crippen LogP contribution is 2.30. The maximum Gasteiger partial charge on any atom is 0.119 e. The maximum atomic E-state index is 10.0. The number of benzene rings is 2. The van der Waals surface area contributed by atoms with E-state index in [1.54, 1.807) is 18.2 Å². The van der Waals surface area contributed by atoms with Crippen molar-refractivity contribution >= 4 is 0 Å². The molecular weight excluding hydrogens is 260 g/mol. The lowest BCUT2D eigenvalue weighted by molar-refractivity contribution is 0.461. The molecule has 0 saturated heterocycles. The van der Waals surface area contributed by atoms with Crippen molar-refractivity contribution in [2.45, 2.75) is 46.5 Å². The molecule has 112 valence electrons. The molecule has 2 aromatic rings. The molecule has 1 unspecified atom stereocenters. The van der Waals surface area contributed by atoms with E-state index in [0.717, 1.165) is 29.5 Å². The Morgan fingerprint density at radius 3 is 2.19 bits per heavy atom. The third-order valence-corrected chi connectivity index (χ3v) is 4.30. The van der Waals surface area contributed by atoms with Crippen molar-refractivity contribution in [2.24, 2.45) is 0 Å². The Labute approximate surface area is 127 Å². The van der Waals surface area contributed by atoms with Crippen LogP contribution in [0.1, 0.15) is 54.0 Å². The summed E-state index contributed by atoms with van der Waals surface area (Å²) in [4.78, 5) is 0. The maximum absolute atomic E-state index is 10.0. The molecule has 2 nitrogen and oxygen atoms in total. The molecule has 0 bridgehead atoms. The highest BCUT2D eigenvalue weighted by Gasteiger charge is 2.11. The molecule has 0 aliphatic carbocycles. The number of rotatable bonds is 4. The molecule has 21 heavy (non-hydrogen) atoms. The molecule has 0 amide bonds. The Kier molecular flexibility index (Phi) is 4.56. The van der Waals surface area contributed by atoms with E-state index in [4.69, 9.17) is 0 Å². The van der Waals surface area contributed by atoms with E-state index >= 15 is 0 Å². The molecule has 0 heterocycles. The first-order valence-electron chi connectivity index (χ1n) is 7.53. The van der Waals surface area contributed by atoms with Gasteiger partial charge in [0.05, 0.1) is 0 Å². The van der Waals surface area contributed by atoms with E-state index in [0.29, 0.717) is 17.4 Å². The molecule has 0 aliphatic heterocycles. The molecule has 0 aliphatic rings. The van der Waals surface area contributed by atoms with Crippen LogP contribution in [0.25, 0.3) is 0 Å². The van der Waals surface area contributed by atoms with E-state index in [9.17, 15) is 10.2 Å². The van der Waals surface area contributed by atoms with E-state index in [1.165, 1.54) is 11.1 Å². The third-order valence-electron chi connectivity index (χ3n) is 4.30. The topological polar surface area (TPSA) is 40.5 Å². The van der Waals surface area contributed by atoms with Crippen molar-refractivity contribution in [2.75, 3.05) is 0 Å². The Balaban J connectivity index is 2.37. The monoisotopic (exact) mass is 284 g/mol. The van der Waals surface area contributed by atoms with Crippen LogP contribution in [0.2, 0.25) is 0 Å². The van der Waals surface area contributed by atoms with Gasteiger partial charge in [0.2, 0.25) is 0 Å². The number of aryl methyl sites for hydroxylation is 2. The van der Waals surface area contributed by atoms with Crippen LogP contribution >= 0.6 is 0 Å². The Hall–Kier alpha value is -1.96. The minimum absolute atomic E-state index is 0.319. The summed E-state index contributed by atoms with van der Waals surface area (Å²) in [7, 11) is 0. The second-order valence-electron chi connectivity index (χ2n) is 5.94. The fraction of sp³-hybridized carbons (Fsp3) is 0.368. The van der Waals surface area contributed by atoms with Gasteiger partial charge in [-0.15, -0.1) is 0 Å². The Morgan fingerprint density at radius 2 is 1.62 bits per heavy atom. The number of hydrogen-bond donors (Lipinski definition) is 2. The predicted octanol–water partition coefficient (Wildman–Crippen LogP) is 4.82. The van der Waals surface area contributed by atoms with Crippen molar-refractivity contribution in [3.63, 3.8) is 0 Å². The number of aromatic hydroxyl groups is 2. The minimum atomic E-state index is 0.319. The normalized spacial score (nSPS) is 12.4. The van der Waals surface area contributed by atoms with Gasteiger partial charge in [0, 0.05) is 0 Å². The van der Waals surface area contributed by atoms with Crippen LogP contribution < -0.4 is 0 Å². The zero-order valence-electron chi connectivity index (χ0n) is 13.3. The first-order valence-corrected chi connectivity index (χ1v) is 7.53. The second-order valence-corrected chi connectivity index (χ2v) is 5.94. The zero-order chi connectivity index (χ0) is 15.6. The van der Waals surface area contributed by atoms with Gasteiger partial charge in [0.25, 0.3) is 0 Å². The second kappa shape index (κ2) is 6.21. The Morgan fingerprint density at radius 1 is 1.00 bits per heavy atom. The van der Waals surface area contributed by atoms with Crippen molar-refractivity contribution in [1.82, 2.24) is 0 Å². The molecule has 0 spiro atoms. The molecule has 2 aromatic carbocycles. The molecule has 1 atom stereocenters. The van der Waals surface area contributed by atoms with Gasteiger partial charge in [-0.3, -0.25) is 0 Å². The summed E-state index contributed by atoms with van der Waals surface area (Å²) in [6.45, 7) is 8.32. The molecule has 0 radical (unpaired) electrons. The summed E-state index contributed by atoms with van der Waals surface area (Å²) >= 11 is 0. The van der Waals surface area contributed by atoms with Gasteiger partial charge in [0.15, 0.2) is 0 Å². The third kappa shape index (κ3) is 3.38. The smallest absolute Gasteiger partial charge is 0.119 e. The SMILES string of the molecule is CCC(C)c1cc(Cc2c(C)cc(O)cc2C)ccc1O. The molecule has 2 rings (SSSR count). The average Bonchev–Trinajstić information content (AvgIpc) is 2.43. The lowest BCUT2D eigenvalue weighted by Crippen LogP contribution is -1.98. The molecule has 2 heteroatoms. The van der Waals surface area contributed by atoms with Crippen molar-refractivity contribution in [3.8, 4) is 11.5 Å². The lowest BCUT2D eigenvalue weighted by Gasteiger charge is -2.15. The van der Waals surface area contributed by atoms with E-state index < -0.39 is 0 Å². The molecule has 0 aromatic heterocycles. The van der Waals surface area contributed by atoms with Gasteiger partial charge in [-0.1, -0.05) is 26.0 Å². The average molecular weight is 284 g/mol. The van der Waals surface area contributed by atoms with Gasteiger partial charge in [0.1, 0.15) is 11.5 Å². The predicted molar refractivity (Wildman–Crippen MR) is 87.2 cm³/mol. The molecular formula is C19H24O2. The summed E-state index contributed by atoms with van der Waals surface area (Å²) in [6.07, 6.45) is 1.83. The van der Waals surface area contributed by atoms with Gasteiger partial charge in [-0.25, -0.2) is 0 Å². The number of phenols is 2. The fourth-order valence-corrected chi connectivity index (χ4v) is 2.78. The standard InChI is InChI=1S/C19H24O2/c1-5-12(2)18-11-15(6-7-19(18)21)10-17-13(3)8-16(20)9-14(17)4/h6-9,11-12,20-21H,5,10H2,1-4H3. The van der Waals surface area contributed by atoms with Crippen LogP contribution in [0.3, 0.4) is 0 Å². The molecule has 2 N–H and O–H groups in total. The van der Waals surface area contributed by atoms with Gasteiger partial charge in [-0.05, 0) is 78.6 Å². The van der Waals surface area contributed by atoms with Crippen molar-refractivity contribution < 1.29 is 10.2 Å². The van der Waals surface area contributed by atoms with Crippen LogP contribution in [-0.4, -0.2) is 10.2 Å². The molecule has 0 fully saturated rings. The highest BCUT2D eigenvalue weighted by atomic mass is 16.3. The first-order chi connectivity index (χ1) is 9.92. The van der Waals surface area contributed by atoms with Gasteiger partial charge in [-0.2, -0.15) is 0 Å². The van der Waals surface area contributed by atoms with Crippen LogP contribution in [0.4, 0.5) is 0 Å². The number of hydrogen-bond acceptors (Lipinski definition) is 2. The fourth-order valence-electron chi connectivity index (χ4n) is 2.78. The van der Waals surface area contributed by atoms with Crippen molar-refractivity contribution in [1.29, 1.82) is 0 Å². The van der Waals surface area contributed by atoms with Crippen LogP contribution in [0, 0.1) is 13.8 Å². The Bertz CT molecular complexity index is 621. The van der Waals surface area contributed by atoms with Crippen molar-refractivity contribution in [3.05, 3.63) is 58.1 Å². The number of phenolic OH excluding ortho intramolecular Hbond substituents is 2. The minimum Gasteiger partial charge on any atom is -0.508 e. The highest BCUT2D eigenvalue weighted by molar-refractivity contribution is 5.45. The summed E-state index contributed by atoms with van der Waals surface area (Å²) < 4.78 is 0. The summed E-state index contributed by atoms with van der Waals surface area (Å²) in [6, 6.07) is 9.49. The zero-order valence-corrected chi connectivity index (χ0v) is 13.3. The largest absolute Gasteiger partial charge is 0.508 e.